The summed E-state index contributed by atoms with van der Waals surface area (Å²) in [6, 6.07) is 16.3. The van der Waals surface area contributed by atoms with E-state index in [2.05, 4.69) is 20.6 Å². The molecule has 0 saturated carbocycles. The molecule has 0 aliphatic carbocycles. The van der Waals surface area contributed by atoms with E-state index in [0.717, 1.165) is 28.6 Å². The molecule has 0 bridgehead atoms. The van der Waals surface area contributed by atoms with Crippen LogP contribution >= 0.6 is 0 Å². The number of para-hydroxylation sites is 2. The number of benzene rings is 2. The largest absolute Gasteiger partial charge is 0.323 e. The van der Waals surface area contributed by atoms with Crippen LogP contribution in [0, 0.1) is 20.8 Å². The number of urea groups is 1. The zero-order valence-corrected chi connectivity index (χ0v) is 18.1. The van der Waals surface area contributed by atoms with Crippen molar-refractivity contribution in [3.05, 3.63) is 83.8 Å². The third-order valence-electron chi connectivity index (χ3n) is 5.25. The summed E-state index contributed by atoms with van der Waals surface area (Å²) in [7, 11) is 0. The summed E-state index contributed by atoms with van der Waals surface area (Å²) in [5.74, 6) is 0. The second-order valence-corrected chi connectivity index (χ2v) is 7.47. The summed E-state index contributed by atoms with van der Waals surface area (Å²) >= 11 is 0. The second kappa shape index (κ2) is 8.85. The summed E-state index contributed by atoms with van der Waals surface area (Å²) in [5, 5.41) is 6.50. The average molecular weight is 425 g/mol. The average Bonchev–Trinajstić information content (AvgIpc) is 2.79. The Bertz CT molecular complexity index is 1280. The van der Waals surface area contributed by atoms with Gasteiger partial charge in [-0.15, -0.1) is 0 Å². The molecular formula is C25H23N5O2. The van der Waals surface area contributed by atoms with Gasteiger partial charge in [0.15, 0.2) is 0 Å². The Labute approximate surface area is 186 Å². The zero-order valence-electron chi connectivity index (χ0n) is 18.1. The zero-order chi connectivity index (χ0) is 22.7. The monoisotopic (exact) mass is 425 g/mol. The van der Waals surface area contributed by atoms with Gasteiger partial charge in [0.1, 0.15) is 0 Å². The Morgan fingerprint density at radius 3 is 2.41 bits per heavy atom. The Balaban J connectivity index is 1.77. The molecule has 4 aromatic rings. The molecule has 0 atom stereocenters. The standard InChI is InChI=1S/C25H23N5O2/c1-16-12-13-26-18(3)24(16)30(15-31)21-11-7-10-20-22(17(2)14-27-23(20)21)29-25(32)28-19-8-5-4-6-9-19/h4-15H,1-3H3,(H2,27,28,29,32). The van der Waals surface area contributed by atoms with E-state index in [1.54, 1.807) is 17.3 Å². The molecule has 0 saturated heterocycles. The van der Waals surface area contributed by atoms with E-state index in [-0.39, 0.29) is 6.03 Å². The number of pyridine rings is 2. The minimum Gasteiger partial charge on any atom is -0.308 e. The molecule has 0 fully saturated rings. The van der Waals surface area contributed by atoms with Crippen LogP contribution in [0.15, 0.2) is 67.0 Å². The Morgan fingerprint density at radius 1 is 0.906 bits per heavy atom. The lowest BCUT2D eigenvalue weighted by Crippen LogP contribution is -2.21. The van der Waals surface area contributed by atoms with Gasteiger partial charge in [0, 0.05) is 23.5 Å². The summed E-state index contributed by atoms with van der Waals surface area (Å²) in [6.45, 7) is 5.68. The van der Waals surface area contributed by atoms with Crippen molar-refractivity contribution in [3.8, 4) is 0 Å². The number of anilines is 4. The number of aromatic nitrogens is 2. The predicted octanol–water partition coefficient (Wildman–Crippen LogP) is 5.49. The van der Waals surface area contributed by atoms with Crippen molar-refractivity contribution in [2.75, 3.05) is 15.5 Å². The third kappa shape index (κ3) is 4.00. The van der Waals surface area contributed by atoms with Crippen LogP contribution in [0.1, 0.15) is 16.8 Å². The van der Waals surface area contributed by atoms with E-state index < -0.39 is 0 Å². The highest BCUT2D eigenvalue weighted by atomic mass is 16.2. The van der Waals surface area contributed by atoms with Crippen molar-refractivity contribution >= 4 is 46.1 Å². The van der Waals surface area contributed by atoms with Gasteiger partial charge in [-0.2, -0.15) is 0 Å². The highest BCUT2D eigenvalue weighted by molar-refractivity contribution is 6.10. The molecule has 0 aliphatic rings. The van der Waals surface area contributed by atoms with Crippen molar-refractivity contribution in [1.29, 1.82) is 0 Å². The molecule has 2 N–H and O–H groups in total. The number of aryl methyl sites for hydroxylation is 3. The molecule has 2 aromatic heterocycles. The van der Waals surface area contributed by atoms with Crippen LogP contribution in [0.4, 0.5) is 27.5 Å². The molecule has 2 aromatic carbocycles. The van der Waals surface area contributed by atoms with Crippen molar-refractivity contribution in [1.82, 2.24) is 9.97 Å². The van der Waals surface area contributed by atoms with Gasteiger partial charge in [0.25, 0.3) is 0 Å². The highest BCUT2D eigenvalue weighted by Gasteiger charge is 2.19. The molecule has 7 nitrogen and oxygen atoms in total. The molecule has 32 heavy (non-hydrogen) atoms. The van der Waals surface area contributed by atoms with E-state index >= 15 is 0 Å². The van der Waals surface area contributed by atoms with E-state index in [9.17, 15) is 9.59 Å². The molecule has 0 aliphatic heterocycles. The van der Waals surface area contributed by atoms with Gasteiger partial charge in [-0.3, -0.25) is 19.7 Å². The van der Waals surface area contributed by atoms with Gasteiger partial charge in [0.2, 0.25) is 6.41 Å². The lowest BCUT2D eigenvalue weighted by molar-refractivity contribution is -0.106. The van der Waals surface area contributed by atoms with Crippen LogP contribution in [0.5, 0.6) is 0 Å². The molecule has 7 heteroatoms. The second-order valence-electron chi connectivity index (χ2n) is 7.47. The summed E-state index contributed by atoms with van der Waals surface area (Å²) < 4.78 is 0. The molecule has 0 radical (unpaired) electrons. The number of nitrogens with zero attached hydrogens (tertiary/aromatic N) is 3. The fourth-order valence-corrected chi connectivity index (χ4v) is 3.75. The molecule has 3 amide bonds. The van der Waals surface area contributed by atoms with Crippen LogP contribution in [-0.4, -0.2) is 22.4 Å². The molecule has 0 unspecified atom stereocenters. The first-order valence-corrected chi connectivity index (χ1v) is 10.2. The SMILES string of the molecule is Cc1ccnc(C)c1N(C=O)c1cccc2c(NC(=O)Nc3ccccc3)c(C)cnc12. The number of carbonyl (C=O) groups is 2. The highest BCUT2D eigenvalue weighted by Crippen LogP contribution is 2.36. The Hall–Kier alpha value is -4.26. The minimum atomic E-state index is -0.358. The van der Waals surface area contributed by atoms with Gasteiger partial charge in [0.05, 0.1) is 28.3 Å². The van der Waals surface area contributed by atoms with Crippen LogP contribution in [0.25, 0.3) is 10.9 Å². The lowest BCUT2D eigenvalue weighted by Gasteiger charge is -2.23. The van der Waals surface area contributed by atoms with Crippen LogP contribution in [-0.2, 0) is 4.79 Å². The van der Waals surface area contributed by atoms with Crippen molar-refractivity contribution in [3.63, 3.8) is 0 Å². The molecule has 160 valence electrons. The maximum absolute atomic E-state index is 12.6. The minimum absolute atomic E-state index is 0.358. The third-order valence-corrected chi connectivity index (χ3v) is 5.25. The molecule has 0 spiro atoms. The summed E-state index contributed by atoms with van der Waals surface area (Å²) in [4.78, 5) is 35.3. The first-order valence-electron chi connectivity index (χ1n) is 10.2. The van der Waals surface area contributed by atoms with Gasteiger partial charge in [-0.05, 0) is 56.2 Å². The van der Waals surface area contributed by atoms with Gasteiger partial charge in [-0.25, -0.2) is 4.79 Å². The quantitative estimate of drug-likeness (QED) is 0.414. The Morgan fingerprint density at radius 2 is 1.69 bits per heavy atom. The van der Waals surface area contributed by atoms with E-state index in [1.807, 2.05) is 75.4 Å². The summed E-state index contributed by atoms with van der Waals surface area (Å²) in [5.41, 5.74) is 5.73. The van der Waals surface area contributed by atoms with Gasteiger partial charge in [-0.1, -0.05) is 30.3 Å². The van der Waals surface area contributed by atoms with Crippen molar-refractivity contribution in [2.45, 2.75) is 20.8 Å². The fraction of sp³-hybridized carbons (Fsp3) is 0.120. The predicted molar refractivity (Wildman–Crippen MR) is 127 cm³/mol. The maximum Gasteiger partial charge on any atom is 0.323 e. The first kappa shape index (κ1) is 21.0. The van der Waals surface area contributed by atoms with Crippen LogP contribution in [0.2, 0.25) is 0 Å². The topological polar surface area (TPSA) is 87.2 Å². The molecule has 4 rings (SSSR count). The van der Waals surface area contributed by atoms with E-state index in [0.29, 0.717) is 28.3 Å². The number of fused-ring (bicyclic) bond motifs is 1. The first-order chi connectivity index (χ1) is 15.5. The van der Waals surface area contributed by atoms with E-state index in [1.165, 1.54) is 0 Å². The van der Waals surface area contributed by atoms with E-state index in [4.69, 9.17) is 0 Å². The molecular weight excluding hydrogens is 402 g/mol. The number of amides is 3. The summed E-state index contributed by atoms with van der Waals surface area (Å²) in [6.07, 6.45) is 4.17. The Kier molecular flexibility index (Phi) is 5.81. The van der Waals surface area contributed by atoms with Gasteiger partial charge >= 0.3 is 6.03 Å². The fourth-order valence-electron chi connectivity index (χ4n) is 3.75. The molecule has 2 heterocycles. The number of carbonyl (C=O) groups excluding carboxylic acids is 2. The number of rotatable bonds is 5. The maximum atomic E-state index is 12.6. The van der Waals surface area contributed by atoms with Crippen molar-refractivity contribution in [2.24, 2.45) is 0 Å². The smallest absolute Gasteiger partial charge is 0.308 e. The lowest BCUT2D eigenvalue weighted by atomic mass is 10.1. The van der Waals surface area contributed by atoms with Gasteiger partial charge < -0.3 is 10.6 Å². The van der Waals surface area contributed by atoms with Crippen molar-refractivity contribution < 1.29 is 9.59 Å². The normalized spacial score (nSPS) is 10.6. The van der Waals surface area contributed by atoms with Crippen LogP contribution in [0.3, 0.4) is 0 Å². The number of nitrogens with one attached hydrogen (secondary N) is 2. The van der Waals surface area contributed by atoms with Crippen LogP contribution < -0.4 is 15.5 Å². The number of hydrogen-bond donors (Lipinski definition) is 2. The number of hydrogen-bond acceptors (Lipinski definition) is 4.